The molecule has 0 aliphatic carbocycles. The molecule has 0 saturated heterocycles. The van der Waals surface area contributed by atoms with Crippen LogP contribution in [0.1, 0.15) is 17.1 Å². The summed E-state index contributed by atoms with van der Waals surface area (Å²) in [7, 11) is 0. The molecule has 0 aliphatic rings. The highest BCUT2D eigenvalue weighted by Crippen LogP contribution is 2.32. The Morgan fingerprint density at radius 3 is 2.75 bits per heavy atom. The lowest BCUT2D eigenvalue weighted by Crippen LogP contribution is -2.09. The summed E-state index contributed by atoms with van der Waals surface area (Å²) < 4.78 is 44.2. The number of H-pyrrole nitrogens is 1. The number of aromatic amines is 1. The third-order valence-electron chi connectivity index (χ3n) is 4.03. The molecular weight excluding hydrogens is 371 g/mol. The Hall–Kier alpha value is -3.68. The Morgan fingerprint density at radius 1 is 1.07 bits per heavy atom. The highest BCUT2D eigenvalue weighted by molar-refractivity contribution is 5.77. The lowest BCUT2D eigenvalue weighted by molar-refractivity contribution is -0.137. The molecule has 0 spiro atoms. The van der Waals surface area contributed by atoms with Gasteiger partial charge in [-0.25, -0.2) is 4.98 Å². The quantitative estimate of drug-likeness (QED) is 0.553. The zero-order chi connectivity index (χ0) is 19.7. The van der Waals surface area contributed by atoms with Crippen LogP contribution in [0.5, 0.6) is 0 Å². The van der Waals surface area contributed by atoms with Crippen molar-refractivity contribution in [1.29, 1.82) is 0 Å². The molecule has 5 nitrogen and oxygen atoms in total. The standard InChI is InChI=1S/C20H12F3N3O2/c21-20(22,23)13-3-1-2-12(10-13)17-6-4-14(28-17)5-7-18-25-16-11-24-9-8-15(16)19(27)26-18/h1-11H,(H,25,26,27)/b7-5+. The van der Waals surface area contributed by atoms with Gasteiger partial charge in [-0.15, -0.1) is 0 Å². The van der Waals surface area contributed by atoms with E-state index in [0.29, 0.717) is 33.8 Å². The van der Waals surface area contributed by atoms with Crippen molar-refractivity contribution in [3.63, 3.8) is 0 Å². The van der Waals surface area contributed by atoms with E-state index in [4.69, 9.17) is 4.42 Å². The molecule has 0 amide bonds. The van der Waals surface area contributed by atoms with Gasteiger partial charge in [-0.2, -0.15) is 13.2 Å². The minimum Gasteiger partial charge on any atom is -0.457 e. The van der Waals surface area contributed by atoms with Crippen molar-refractivity contribution in [2.75, 3.05) is 0 Å². The number of halogens is 3. The number of pyridine rings is 1. The molecule has 0 fully saturated rings. The largest absolute Gasteiger partial charge is 0.457 e. The summed E-state index contributed by atoms with van der Waals surface area (Å²) in [6, 6.07) is 9.67. The predicted octanol–water partition coefficient (Wildman–Crippen LogP) is 4.77. The Kier molecular flexibility index (Phi) is 4.31. The first-order valence-corrected chi connectivity index (χ1v) is 8.20. The number of hydrogen-bond acceptors (Lipinski definition) is 4. The van der Waals surface area contributed by atoms with Crippen molar-refractivity contribution in [3.8, 4) is 11.3 Å². The predicted molar refractivity (Wildman–Crippen MR) is 98.2 cm³/mol. The second-order valence-electron chi connectivity index (χ2n) is 5.96. The first-order valence-electron chi connectivity index (χ1n) is 8.20. The van der Waals surface area contributed by atoms with Gasteiger partial charge in [0.25, 0.3) is 5.56 Å². The number of nitrogens with one attached hydrogen (secondary N) is 1. The summed E-state index contributed by atoms with van der Waals surface area (Å²) in [4.78, 5) is 22.9. The summed E-state index contributed by atoms with van der Waals surface area (Å²) in [5, 5.41) is 0.428. The minimum atomic E-state index is -4.42. The van der Waals surface area contributed by atoms with Gasteiger partial charge in [-0.1, -0.05) is 12.1 Å². The zero-order valence-electron chi connectivity index (χ0n) is 14.2. The lowest BCUT2D eigenvalue weighted by atomic mass is 10.1. The number of aromatic nitrogens is 3. The third kappa shape index (κ3) is 3.57. The van der Waals surface area contributed by atoms with Gasteiger partial charge in [0.2, 0.25) is 0 Å². The molecule has 1 aromatic carbocycles. The fraction of sp³-hybridized carbons (Fsp3) is 0.0500. The van der Waals surface area contributed by atoms with Crippen molar-refractivity contribution in [1.82, 2.24) is 15.0 Å². The zero-order valence-corrected chi connectivity index (χ0v) is 14.2. The van der Waals surface area contributed by atoms with Gasteiger partial charge in [0, 0.05) is 11.8 Å². The molecule has 8 heteroatoms. The maximum Gasteiger partial charge on any atom is 0.416 e. The van der Waals surface area contributed by atoms with Crippen molar-refractivity contribution in [2.45, 2.75) is 6.18 Å². The van der Waals surface area contributed by atoms with E-state index in [0.717, 1.165) is 12.1 Å². The van der Waals surface area contributed by atoms with Crippen LogP contribution in [-0.2, 0) is 6.18 Å². The molecule has 0 bridgehead atoms. The van der Waals surface area contributed by atoms with Crippen LogP contribution in [0.15, 0.2) is 64.1 Å². The molecule has 4 rings (SSSR count). The molecule has 0 radical (unpaired) electrons. The van der Waals surface area contributed by atoms with Gasteiger partial charge < -0.3 is 9.40 Å². The SMILES string of the molecule is O=c1[nH]c(/C=C/c2ccc(-c3cccc(C(F)(F)F)c3)o2)nc2cnccc12. The van der Waals surface area contributed by atoms with Crippen molar-refractivity contribution < 1.29 is 17.6 Å². The Labute approximate surface area is 156 Å². The van der Waals surface area contributed by atoms with Crippen LogP contribution in [0.4, 0.5) is 13.2 Å². The fourth-order valence-corrected chi connectivity index (χ4v) is 2.69. The van der Waals surface area contributed by atoms with Gasteiger partial charge in [-0.05, 0) is 42.5 Å². The van der Waals surface area contributed by atoms with Crippen molar-refractivity contribution in [3.05, 3.63) is 82.4 Å². The van der Waals surface area contributed by atoms with E-state index in [1.54, 1.807) is 30.4 Å². The van der Waals surface area contributed by atoms with Crippen LogP contribution in [0.25, 0.3) is 34.4 Å². The molecule has 1 N–H and O–H groups in total. The molecule has 4 aromatic rings. The monoisotopic (exact) mass is 383 g/mol. The first kappa shape index (κ1) is 17.7. The molecule has 3 aromatic heterocycles. The molecule has 0 unspecified atom stereocenters. The van der Waals surface area contributed by atoms with Crippen LogP contribution < -0.4 is 5.56 Å². The third-order valence-corrected chi connectivity index (χ3v) is 4.03. The van der Waals surface area contributed by atoms with E-state index in [1.165, 1.54) is 24.5 Å². The number of rotatable bonds is 3. The average Bonchev–Trinajstić information content (AvgIpc) is 3.15. The van der Waals surface area contributed by atoms with Gasteiger partial charge >= 0.3 is 6.18 Å². The number of benzene rings is 1. The van der Waals surface area contributed by atoms with E-state index in [-0.39, 0.29) is 5.56 Å². The van der Waals surface area contributed by atoms with Gasteiger partial charge in [-0.3, -0.25) is 9.78 Å². The topological polar surface area (TPSA) is 71.8 Å². The Bertz CT molecular complexity index is 1240. The second kappa shape index (κ2) is 6.80. The van der Waals surface area contributed by atoms with E-state index in [9.17, 15) is 18.0 Å². The smallest absolute Gasteiger partial charge is 0.416 e. The summed E-state index contributed by atoms with van der Waals surface area (Å²) in [5.74, 6) is 1.01. The number of nitrogens with zero attached hydrogens (tertiary/aromatic N) is 2. The minimum absolute atomic E-state index is 0.295. The van der Waals surface area contributed by atoms with E-state index in [1.807, 2.05) is 0 Å². The molecule has 0 aliphatic heterocycles. The number of fused-ring (bicyclic) bond motifs is 1. The Morgan fingerprint density at radius 2 is 1.93 bits per heavy atom. The molecule has 0 saturated carbocycles. The van der Waals surface area contributed by atoms with Gasteiger partial charge in [0.15, 0.2) is 0 Å². The molecular formula is C20H12F3N3O2. The number of alkyl halides is 3. The highest BCUT2D eigenvalue weighted by Gasteiger charge is 2.30. The fourth-order valence-electron chi connectivity index (χ4n) is 2.69. The molecule has 28 heavy (non-hydrogen) atoms. The Balaban J connectivity index is 1.61. The highest BCUT2D eigenvalue weighted by atomic mass is 19.4. The normalized spacial score (nSPS) is 12.1. The molecule has 3 heterocycles. The maximum atomic E-state index is 12.9. The van der Waals surface area contributed by atoms with Gasteiger partial charge in [0.1, 0.15) is 17.3 Å². The maximum absolute atomic E-state index is 12.9. The lowest BCUT2D eigenvalue weighted by Gasteiger charge is -2.07. The summed E-state index contributed by atoms with van der Waals surface area (Å²) in [5.41, 5.74) is -0.269. The van der Waals surface area contributed by atoms with Crippen LogP contribution in [0.3, 0.4) is 0 Å². The van der Waals surface area contributed by atoms with E-state index in [2.05, 4.69) is 15.0 Å². The summed E-state index contributed by atoms with van der Waals surface area (Å²) in [6.45, 7) is 0. The van der Waals surface area contributed by atoms with Crippen LogP contribution in [0.2, 0.25) is 0 Å². The van der Waals surface area contributed by atoms with E-state index >= 15 is 0 Å². The van der Waals surface area contributed by atoms with E-state index < -0.39 is 11.7 Å². The van der Waals surface area contributed by atoms with Crippen LogP contribution >= 0.6 is 0 Å². The molecule has 0 atom stereocenters. The van der Waals surface area contributed by atoms with Crippen LogP contribution in [0, 0.1) is 0 Å². The molecule has 140 valence electrons. The van der Waals surface area contributed by atoms with Gasteiger partial charge in [0.05, 0.1) is 22.7 Å². The van der Waals surface area contributed by atoms with Crippen LogP contribution in [-0.4, -0.2) is 15.0 Å². The van der Waals surface area contributed by atoms with Crippen molar-refractivity contribution in [2.24, 2.45) is 0 Å². The number of hydrogen-bond donors (Lipinski definition) is 1. The summed E-state index contributed by atoms with van der Waals surface area (Å²) >= 11 is 0. The first-order chi connectivity index (χ1) is 13.4. The number of furan rings is 1. The summed E-state index contributed by atoms with van der Waals surface area (Å²) in [6.07, 6.45) is 1.68. The second-order valence-corrected chi connectivity index (χ2v) is 5.96. The van der Waals surface area contributed by atoms with Crippen molar-refractivity contribution >= 4 is 23.1 Å². The average molecular weight is 383 g/mol.